The van der Waals surface area contributed by atoms with E-state index in [0.29, 0.717) is 22.2 Å². The number of nitrogens with zero attached hydrogens (tertiary/aromatic N) is 3. The average molecular weight is 259 g/mol. The molecule has 0 fully saturated rings. The van der Waals surface area contributed by atoms with Crippen molar-refractivity contribution in [2.45, 2.75) is 13.8 Å². The summed E-state index contributed by atoms with van der Waals surface area (Å²) in [6.45, 7) is 3.91. The van der Waals surface area contributed by atoms with Gasteiger partial charge in [-0.3, -0.25) is 0 Å². The zero-order valence-electron chi connectivity index (χ0n) is 10.0. The smallest absolute Gasteiger partial charge is 0.131 e. The molecule has 0 unspecified atom stereocenters. The molecule has 0 aliphatic heterocycles. The second-order valence-electron chi connectivity index (χ2n) is 3.96. The Kier molecular flexibility index (Phi) is 3.45. The lowest BCUT2D eigenvalue weighted by Gasteiger charge is -2.09. The molecule has 0 spiro atoms. The number of rotatable bonds is 2. The Morgan fingerprint density at radius 3 is 2.72 bits per heavy atom. The van der Waals surface area contributed by atoms with Crippen molar-refractivity contribution in [3.05, 3.63) is 46.4 Å². The van der Waals surface area contributed by atoms with Crippen molar-refractivity contribution in [2.24, 2.45) is 0 Å². The van der Waals surface area contributed by atoms with E-state index >= 15 is 0 Å². The first-order valence-electron chi connectivity index (χ1n) is 5.36. The zero-order valence-corrected chi connectivity index (χ0v) is 10.8. The summed E-state index contributed by atoms with van der Waals surface area (Å²) in [6.07, 6.45) is 1.44. The van der Waals surface area contributed by atoms with Crippen molar-refractivity contribution in [3.8, 4) is 6.07 Å². The molecular formula is C13H11ClN4. The molecule has 5 heteroatoms. The molecule has 2 aromatic rings. The minimum atomic E-state index is 0.334. The topological polar surface area (TPSA) is 61.6 Å². The first-order chi connectivity index (χ1) is 8.58. The second-order valence-corrected chi connectivity index (χ2v) is 4.35. The highest BCUT2D eigenvalue weighted by Crippen LogP contribution is 2.22. The van der Waals surface area contributed by atoms with Crippen molar-refractivity contribution in [1.29, 1.82) is 5.26 Å². The van der Waals surface area contributed by atoms with Gasteiger partial charge in [0.25, 0.3) is 0 Å². The fraction of sp³-hybridized carbons (Fsp3) is 0.154. The maximum Gasteiger partial charge on any atom is 0.131 e. The zero-order chi connectivity index (χ0) is 13.1. The van der Waals surface area contributed by atoms with Crippen LogP contribution in [0.15, 0.2) is 24.4 Å². The molecule has 0 saturated carbocycles. The molecule has 0 amide bonds. The highest BCUT2D eigenvalue weighted by Gasteiger charge is 2.05. The molecule has 0 radical (unpaired) electrons. The number of nitrogens with one attached hydrogen (secondary N) is 1. The van der Waals surface area contributed by atoms with Gasteiger partial charge in [0, 0.05) is 18.0 Å². The van der Waals surface area contributed by atoms with Crippen LogP contribution in [0.2, 0.25) is 5.15 Å². The molecule has 0 aliphatic carbocycles. The van der Waals surface area contributed by atoms with Crippen LogP contribution in [0.3, 0.4) is 0 Å². The molecule has 0 aliphatic rings. The lowest BCUT2D eigenvalue weighted by Crippen LogP contribution is -1.98. The molecule has 0 saturated heterocycles. The van der Waals surface area contributed by atoms with E-state index in [0.717, 1.165) is 11.3 Å². The van der Waals surface area contributed by atoms with Gasteiger partial charge in [0.05, 0.1) is 11.3 Å². The van der Waals surface area contributed by atoms with E-state index < -0.39 is 0 Å². The SMILES string of the molecule is Cc1cc(C)nc(Nc2cc(Cl)ncc2C#N)c1. The lowest BCUT2D eigenvalue weighted by molar-refractivity contribution is 1.17. The summed E-state index contributed by atoms with van der Waals surface area (Å²) in [4.78, 5) is 8.22. The van der Waals surface area contributed by atoms with E-state index in [2.05, 4.69) is 21.4 Å². The number of halogens is 1. The highest BCUT2D eigenvalue weighted by molar-refractivity contribution is 6.29. The van der Waals surface area contributed by atoms with Crippen LogP contribution < -0.4 is 5.32 Å². The van der Waals surface area contributed by atoms with Crippen LogP contribution in [0.1, 0.15) is 16.8 Å². The molecule has 0 bridgehead atoms. The first kappa shape index (κ1) is 12.3. The summed E-state index contributed by atoms with van der Waals surface area (Å²) < 4.78 is 0. The summed E-state index contributed by atoms with van der Waals surface area (Å²) in [6, 6.07) is 7.56. The van der Waals surface area contributed by atoms with Crippen LogP contribution >= 0.6 is 11.6 Å². The number of pyridine rings is 2. The van der Waals surface area contributed by atoms with Crippen LogP contribution in [-0.2, 0) is 0 Å². The predicted octanol–water partition coefficient (Wildman–Crippen LogP) is 3.36. The fourth-order valence-corrected chi connectivity index (χ4v) is 1.82. The molecular weight excluding hydrogens is 248 g/mol. The fourth-order valence-electron chi connectivity index (χ4n) is 1.67. The van der Waals surface area contributed by atoms with Gasteiger partial charge in [-0.15, -0.1) is 0 Å². The highest BCUT2D eigenvalue weighted by atomic mass is 35.5. The maximum atomic E-state index is 9.00. The summed E-state index contributed by atoms with van der Waals surface area (Å²) in [7, 11) is 0. The van der Waals surface area contributed by atoms with E-state index in [4.69, 9.17) is 16.9 Å². The third-order valence-corrected chi connectivity index (χ3v) is 2.56. The molecule has 0 atom stereocenters. The third-order valence-electron chi connectivity index (χ3n) is 2.35. The summed E-state index contributed by atoms with van der Waals surface area (Å²) in [5.74, 6) is 0.686. The number of hydrogen-bond acceptors (Lipinski definition) is 4. The van der Waals surface area contributed by atoms with Gasteiger partial charge in [-0.1, -0.05) is 11.6 Å². The van der Waals surface area contributed by atoms with Crippen LogP contribution in [0.5, 0.6) is 0 Å². The van der Waals surface area contributed by atoms with E-state index in [9.17, 15) is 0 Å². The Morgan fingerprint density at radius 2 is 2.06 bits per heavy atom. The van der Waals surface area contributed by atoms with Gasteiger partial charge in [0.2, 0.25) is 0 Å². The number of nitriles is 1. The number of anilines is 2. The van der Waals surface area contributed by atoms with Crippen LogP contribution in [0.4, 0.5) is 11.5 Å². The molecule has 0 aromatic carbocycles. The molecule has 2 aromatic heterocycles. The third kappa shape index (κ3) is 2.76. The summed E-state index contributed by atoms with van der Waals surface area (Å²) in [5, 5.41) is 12.4. The Labute approximate surface area is 110 Å². The molecule has 2 rings (SSSR count). The largest absolute Gasteiger partial charge is 0.339 e. The van der Waals surface area contributed by atoms with E-state index in [1.807, 2.05) is 26.0 Å². The Hall–Kier alpha value is -2.12. The number of hydrogen-bond donors (Lipinski definition) is 1. The van der Waals surface area contributed by atoms with Crippen molar-refractivity contribution in [1.82, 2.24) is 9.97 Å². The summed E-state index contributed by atoms with van der Waals surface area (Å²) in [5.41, 5.74) is 3.05. The Bertz CT molecular complexity index is 611. The minimum absolute atomic E-state index is 0.334. The monoisotopic (exact) mass is 258 g/mol. The average Bonchev–Trinajstić information content (AvgIpc) is 2.27. The van der Waals surface area contributed by atoms with Crippen molar-refractivity contribution < 1.29 is 0 Å². The number of aromatic nitrogens is 2. The normalized spacial score (nSPS) is 9.89. The van der Waals surface area contributed by atoms with E-state index in [1.54, 1.807) is 6.07 Å². The van der Waals surface area contributed by atoms with Gasteiger partial charge in [0.1, 0.15) is 17.0 Å². The lowest BCUT2D eigenvalue weighted by atomic mass is 10.2. The number of aryl methyl sites for hydroxylation is 2. The molecule has 18 heavy (non-hydrogen) atoms. The summed E-state index contributed by atoms with van der Waals surface area (Å²) >= 11 is 5.82. The van der Waals surface area contributed by atoms with Crippen molar-refractivity contribution in [2.75, 3.05) is 5.32 Å². The molecule has 1 N–H and O–H groups in total. The Morgan fingerprint density at radius 1 is 1.28 bits per heavy atom. The molecule has 90 valence electrons. The van der Waals surface area contributed by atoms with Gasteiger partial charge in [-0.05, 0) is 31.5 Å². The van der Waals surface area contributed by atoms with E-state index in [-0.39, 0.29) is 0 Å². The van der Waals surface area contributed by atoms with Crippen LogP contribution in [-0.4, -0.2) is 9.97 Å². The standard InChI is InChI=1S/C13H11ClN4/c1-8-3-9(2)17-13(4-8)18-11-5-12(14)16-7-10(11)6-15/h3-5,7H,1-2H3,(H,16,17,18). The second kappa shape index (κ2) is 5.03. The van der Waals surface area contributed by atoms with Gasteiger partial charge in [-0.2, -0.15) is 5.26 Å². The van der Waals surface area contributed by atoms with Gasteiger partial charge in [0.15, 0.2) is 0 Å². The van der Waals surface area contributed by atoms with E-state index in [1.165, 1.54) is 6.20 Å². The predicted molar refractivity (Wildman–Crippen MR) is 71.0 cm³/mol. The van der Waals surface area contributed by atoms with Gasteiger partial charge < -0.3 is 5.32 Å². The van der Waals surface area contributed by atoms with Gasteiger partial charge in [-0.25, -0.2) is 9.97 Å². The van der Waals surface area contributed by atoms with Crippen LogP contribution in [0, 0.1) is 25.2 Å². The maximum absolute atomic E-state index is 9.00. The van der Waals surface area contributed by atoms with Crippen LogP contribution in [0.25, 0.3) is 0 Å². The van der Waals surface area contributed by atoms with Crippen molar-refractivity contribution >= 4 is 23.1 Å². The minimum Gasteiger partial charge on any atom is -0.339 e. The Balaban J connectivity index is 2.39. The molecule has 4 nitrogen and oxygen atoms in total. The quantitative estimate of drug-likeness (QED) is 0.839. The van der Waals surface area contributed by atoms with Gasteiger partial charge >= 0.3 is 0 Å². The van der Waals surface area contributed by atoms with Crippen molar-refractivity contribution in [3.63, 3.8) is 0 Å². The first-order valence-corrected chi connectivity index (χ1v) is 5.74. The molecule has 2 heterocycles.